The SMILES string of the molecule is COc1ccc(C(O)C(O)CCS)c(F)c1. The lowest BCUT2D eigenvalue weighted by Gasteiger charge is -2.18. The molecule has 0 bridgehead atoms. The molecule has 5 heteroatoms. The highest BCUT2D eigenvalue weighted by molar-refractivity contribution is 7.80. The summed E-state index contributed by atoms with van der Waals surface area (Å²) in [6.07, 6.45) is -1.95. The first-order valence-corrected chi connectivity index (χ1v) is 5.53. The van der Waals surface area contributed by atoms with Crippen LogP contribution in [0.2, 0.25) is 0 Å². The van der Waals surface area contributed by atoms with E-state index in [0.29, 0.717) is 17.9 Å². The molecule has 0 radical (unpaired) electrons. The first-order valence-electron chi connectivity index (χ1n) is 4.90. The number of rotatable bonds is 5. The van der Waals surface area contributed by atoms with Gasteiger partial charge in [-0.05, 0) is 24.3 Å². The summed E-state index contributed by atoms with van der Waals surface area (Å²) in [5.74, 6) is 0.206. The summed E-state index contributed by atoms with van der Waals surface area (Å²) in [5, 5.41) is 19.2. The maximum absolute atomic E-state index is 13.5. The van der Waals surface area contributed by atoms with Gasteiger partial charge in [0.15, 0.2) is 0 Å². The molecular weight excluding hydrogens is 231 g/mol. The molecule has 2 unspecified atom stereocenters. The Morgan fingerprint density at radius 1 is 1.44 bits per heavy atom. The van der Waals surface area contributed by atoms with Crippen LogP contribution in [-0.2, 0) is 0 Å². The molecule has 0 amide bonds. The minimum Gasteiger partial charge on any atom is -0.497 e. The van der Waals surface area contributed by atoms with E-state index < -0.39 is 18.0 Å². The maximum atomic E-state index is 13.5. The molecule has 2 N–H and O–H groups in total. The highest BCUT2D eigenvalue weighted by Crippen LogP contribution is 2.25. The average molecular weight is 246 g/mol. The molecule has 3 nitrogen and oxygen atoms in total. The minimum atomic E-state index is -1.24. The molecule has 0 fully saturated rings. The Labute approximate surface area is 99.3 Å². The lowest BCUT2D eigenvalue weighted by molar-refractivity contribution is 0.0151. The highest BCUT2D eigenvalue weighted by Gasteiger charge is 2.21. The molecule has 1 aromatic carbocycles. The number of halogens is 1. The van der Waals surface area contributed by atoms with E-state index in [1.54, 1.807) is 0 Å². The third-order valence-electron chi connectivity index (χ3n) is 2.32. The monoisotopic (exact) mass is 246 g/mol. The maximum Gasteiger partial charge on any atom is 0.132 e. The van der Waals surface area contributed by atoms with Crippen molar-refractivity contribution < 1.29 is 19.3 Å². The normalized spacial score (nSPS) is 14.6. The number of hydrogen-bond donors (Lipinski definition) is 3. The van der Waals surface area contributed by atoms with Crippen LogP contribution in [0.25, 0.3) is 0 Å². The van der Waals surface area contributed by atoms with E-state index >= 15 is 0 Å². The van der Waals surface area contributed by atoms with Gasteiger partial charge in [-0.3, -0.25) is 0 Å². The van der Waals surface area contributed by atoms with Crippen LogP contribution in [0.1, 0.15) is 18.1 Å². The van der Waals surface area contributed by atoms with Gasteiger partial charge >= 0.3 is 0 Å². The number of ether oxygens (including phenoxy) is 1. The second-order valence-corrected chi connectivity index (χ2v) is 3.86. The van der Waals surface area contributed by atoms with Gasteiger partial charge in [0.25, 0.3) is 0 Å². The van der Waals surface area contributed by atoms with Crippen LogP contribution in [0.5, 0.6) is 5.75 Å². The van der Waals surface area contributed by atoms with E-state index in [0.717, 1.165) is 0 Å². The van der Waals surface area contributed by atoms with Crippen molar-refractivity contribution in [2.75, 3.05) is 12.9 Å². The van der Waals surface area contributed by atoms with E-state index in [1.165, 1.54) is 25.3 Å². The third-order valence-corrected chi connectivity index (χ3v) is 2.57. The van der Waals surface area contributed by atoms with Crippen LogP contribution < -0.4 is 4.74 Å². The van der Waals surface area contributed by atoms with Crippen LogP contribution in [0, 0.1) is 5.82 Å². The van der Waals surface area contributed by atoms with Crippen molar-refractivity contribution in [1.29, 1.82) is 0 Å². The number of benzene rings is 1. The standard InChI is InChI=1S/C11H15FO3S/c1-15-7-2-3-8(9(12)6-7)11(14)10(13)4-5-16/h2-3,6,10-11,13-14,16H,4-5H2,1H3. The zero-order valence-electron chi connectivity index (χ0n) is 8.93. The van der Waals surface area contributed by atoms with Gasteiger partial charge in [-0.1, -0.05) is 0 Å². The van der Waals surface area contributed by atoms with Crippen molar-refractivity contribution in [1.82, 2.24) is 0 Å². The molecule has 0 spiro atoms. The Morgan fingerprint density at radius 3 is 2.62 bits per heavy atom. The Balaban J connectivity index is 2.87. The number of methoxy groups -OCH3 is 1. The first-order chi connectivity index (χ1) is 7.60. The Kier molecular flexibility index (Phi) is 5.05. The van der Waals surface area contributed by atoms with Gasteiger partial charge in [0, 0.05) is 11.6 Å². The zero-order valence-corrected chi connectivity index (χ0v) is 9.82. The van der Waals surface area contributed by atoms with Crippen LogP contribution in [0.4, 0.5) is 4.39 Å². The fourth-order valence-corrected chi connectivity index (χ4v) is 1.64. The second-order valence-electron chi connectivity index (χ2n) is 3.41. The third kappa shape index (κ3) is 3.10. The molecule has 0 saturated heterocycles. The van der Waals surface area contributed by atoms with Gasteiger partial charge in [0.05, 0.1) is 13.2 Å². The molecule has 2 atom stereocenters. The second kappa shape index (κ2) is 6.08. The molecule has 1 aromatic rings. The molecule has 0 aromatic heterocycles. The molecule has 1 rings (SSSR count). The summed E-state index contributed by atoms with van der Waals surface area (Å²) in [6.45, 7) is 0. The minimum absolute atomic E-state index is 0.0649. The van der Waals surface area contributed by atoms with Crippen molar-refractivity contribution in [2.45, 2.75) is 18.6 Å². The average Bonchev–Trinajstić information content (AvgIpc) is 2.28. The van der Waals surface area contributed by atoms with Crippen molar-refractivity contribution in [2.24, 2.45) is 0 Å². The van der Waals surface area contributed by atoms with Crippen molar-refractivity contribution in [3.63, 3.8) is 0 Å². The van der Waals surface area contributed by atoms with Crippen molar-refractivity contribution in [3.8, 4) is 5.75 Å². The van der Waals surface area contributed by atoms with Gasteiger partial charge in [-0.2, -0.15) is 12.6 Å². The summed E-state index contributed by atoms with van der Waals surface area (Å²) in [4.78, 5) is 0. The summed E-state index contributed by atoms with van der Waals surface area (Å²) in [5.41, 5.74) is 0.0649. The molecule has 0 saturated carbocycles. The Hall–Kier alpha value is -0.780. The van der Waals surface area contributed by atoms with E-state index in [-0.39, 0.29) is 5.56 Å². The number of aliphatic hydroxyl groups is 2. The first kappa shape index (κ1) is 13.3. The van der Waals surface area contributed by atoms with Gasteiger partial charge in [-0.15, -0.1) is 0 Å². The fourth-order valence-electron chi connectivity index (χ4n) is 1.37. The smallest absolute Gasteiger partial charge is 0.132 e. The lowest BCUT2D eigenvalue weighted by atomic mass is 10.0. The zero-order chi connectivity index (χ0) is 12.1. The quantitative estimate of drug-likeness (QED) is 0.691. The molecule has 90 valence electrons. The highest BCUT2D eigenvalue weighted by atomic mass is 32.1. The molecular formula is C11H15FO3S. The molecule has 0 heterocycles. The van der Waals surface area contributed by atoms with Gasteiger partial charge < -0.3 is 14.9 Å². The van der Waals surface area contributed by atoms with Crippen LogP contribution in [0.3, 0.4) is 0 Å². The fraction of sp³-hybridized carbons (Fsp3) is 0.455. The van der Waals surface area contributed by atoms with E-state index in [1.807, 2.05) is 0 Å². The molecule has 16 heavy (non-hydrogen) atoms. The number of thiol groups is 1. The summed E-state index contributed by atoms with van der Waals surface area (Å²) < 4.78 is 18.4. The number of aliphatic hydroxyl groups excluding tert-OH is 2. The topological polar surface area (TPSA) is 49.7 Å². The summed E-state index contributed by atoms with van der Waals surface area (Å²) >= 11 is 3.94. The van der Waals surface area contributed by atoms with Gasteiger partial charge in [-0.25, -0.2) is 4.39 Å². The predicted molar refractivity (Wildman–Crippen MR) is 62.4 cm³/mol. The summed E-state index contributed by atoms with van der Waals surface area (Å²) in [6, 6.07) is 4.11. The molecule has 0 aliphatic rings. The van der Waals surface area contributed by atoms with Crippen LogP contribution in [0.15, 0.2) is 18.2 Å². The van der Waals surface area contributed by atoms with Crippen LogP contribution in [-0.4, -0.2) is 29.2 Å². The Bertz CT molecular complexity index is 346. The summed E-state index contributed by atoms with van der Waals surface area (Å²) in [7, 11) is 1.43. The molecule has 0 aliphatic carbocycles. The lowest BCUT2D eigenvalue weighted by Crippen LogP contribution is -2.19. The van der Waals surface area contributed by atoms with Crippen molar-refractivity contribution >= 4 is 12.6 Å². The van der Waals surface area contributed by atoms with Crippen molar-refractivity contribution in [3.05, 3.63) is 29.6 Å². The van der Waals surface area contributed by atoms with E-state index in [2.05, 4.69) is 12.6 Å². The van der Waals surface area contributed by atoms with Crippen LogP contribution >= 0.6 is 12.6 Å². The van der Waals surface area contributed by atoms with E-state index in [4.69, 9.17) is 4.74 Å². The largest absolute Gasteiger partial charge is 0.497 e. The van der Waals surface area contributed by atoms with Gasteiger partial charge in [0.2, 0.25) is 0 Å². The predicted octanol–water partition coefficient (Wildman–Crippen LogP) is 1.55. The van der Waals surface area contributed by atoms with Gasteiger partial charge in [0.1, 0.15) is 17.7 Å². The number of hydrogen-bond acceptors (Lipinski definition) is 4. The van der Waals surface area contributed by atoms with E-state index in [9.17, 15) is 14.6 Å². The molecule has 0 aliphatic heterocycles. The Morgan fingerprint density at radius 2 is 2.12 bits per heavy atom.